The zero-order valence-electron chi connectivity index (χ0n) is 6.68. The number of aldehydes is 1. The van der Waals surface area contributed by atoms with Crippen molar-refractivity contribution in [2.24, 2.45) is 0 Å². The molecule has 1 saturated carbocycles. The summed E-state index contributed by atoms with van der Waals surface area (Å²) in [5.74, 6) is 0. The molecule has 2 nitrogen and oxygen atoms in total. The van der Waals surface area contributed by atoms with E-state index < -0.39 is 5.67 Å². The van der Waals surface area contributed by atoms with E-state index in [1.807, 2.05) is 0 Å². The summed E-state index contributed by atoms with van der Waals surface area (Å²) in [7, 11) is 1.56. The number of methoxy groups -OCH3 is 1. The van der Waals surface area contributed by atoms with Gasteiger partial charge in [0.05, 0.1) is 6.10 Å². The fourth-order valence-corrected chi connectivity index (χ4v) is 1.51. The van der Waals surface area contributed by atoms with Crippen LogP contribution in [0.1, 0.15) is 25.7 Å². The van der Waals surface area contributed by atoms with E-state index in [1.54, 1.807) is 7.11 Å². The zero-order chi connectivity index (χ0) is 8.32. The topological polar surface area (TPSA) is 26.3 Å². The summed E-state index contributed by atoms with van der Waals surface area (Å²) in [6.45, 7) is 0. The van der Waals surface area contributed by atoms with E-state index in [0.29, 0.717) is 12.7 Å². The minimum absolute atomic E-state index is 0.0704. The van der Waals surface area contributed by atoms with Gasteiger partial charge in [-0.25, -0.2) is 4.39 Å². The van der Waals surface area contributed by atoms with Crippen molar-refractivity contribution in [2.45, 2.75) is 37.5 Å². The van der Waals surface area contributed by atoms with E-state index in [0.717, 1.165) is 12.8 Å². The van der Waals surface area contributed by atoms with Crippen LogP contribution in [0.4, 0.5) is 4.39 Å². The maximum Gasteiger partial charge on any atom is 0.168 e. The molecule has 1 fully saturated rings. The fraction of sp³-hybridized carbons (Fsp3) is 0.875. The van der Waals surface area contributed by atoms with Crippen molar-refractivity contribution in [1.29, 1.82) is 0 Å². The second kappa shape index (κ2) is 3.30. The van der Waals surface area contributed by atoms with Crippen molar-refractivity contribution < 1.29 is 13.9 Å². The molecule has 3 heteroatoms. The second-order valence-corrected chi connectivity index (χ2v) is 3.11. The Labute approximate surface area is 65.7 Å². The average Bonchev–Trinajstić information content (AvgIpc) is 2.05. The monoisotopic (exact) mass is 160 g/mol. The first-order valence-electron chi connectivity index (χ1n) is 3.88. The smallest absolute Gasteiger partial charge is 0.168 e. The second-order valence-electron chi connectivity index (χ2n) is 3.11. The molecule has 11 heavy (non-hydrogen) atoms. The van der Waals surface area contributed by atoms with E-state index in [9.17, 15) is 9.18 Å². The van der Waals surface area contributed by atoms with Gasteiger partial charge < -0.3 is 4.74 Å². The largest absolute Gasteiger partial charge is 0.381 e. The van der Waals surface area contributed by atoms with E-state index in [2.05, 4.69) is 0 Å². The fourth-order valence-electron chi connectivity index (χ4n) is 1.51. The summed E-state index contributed by atoms with van der Waals surface area (Å²) in [6.07, 6.45) is 2.55. The van der Waals surface area contributed by atoms with E-state index >= 15 is 0 Å². The van der Waals surface area contributed by atoms with Gasteiger partial charge in [0.1, 0.15) is 0 Å². The molecule has 2 atom stereocenters. The summed E-state index contributed by atoms with van der Waals surface area (Å²) in [5.41, 5.74) is -1.61. The quantitative estimate of drug-likeness (QED) is 0.572. The third kappa shape index (κ3) is 1.99. The lowest BCUT2D eigenvalue weighted by Crippen LogP contribution is -2.35. The van der Waals surface area contributed by atoms with Gasteiger partial charge in [-0.15, -0.1) is 0 Å². The number of carbonyl (C=O) groups excluding carboxylic acids is 1. The van der Waals surface area contributed by atoms with Crippen molar-refractivity contribution in [1.82, 2.24) is 0 Å². The van der Waals surface area contributed by atoms with Crippen LogP contribution in [0, 0.1) is 0 Å². The molecular weight excluding hydrogens is 147 g/mol. The molecule has 0 aromatic rings. The predicted molar refractivity (Wildman–Crippen MR) is 39.2 cm³/mol. The molecule has 0 unspecified atom stereocenters. The summed E-state index contributed by atoms with van der Waals surface area (Å²) in [5, 5.41) is 0. The van der Waals surface area contributed by atoms with Gasteiger partial charge in [-0.2, -0.15) is 0 Å². The van der Waals surface area contributed by atoms with E-state index in [1.165, 1.54) is 0 Å². The molecule has 0 spiro atoms. The molecule has 0 aromatic heterocycles. The van der Waals surface area contributed by atoms with Crippen LogP contribution in [0.2, 0.25) is 0 Å². The highest BCUT2D eigenvalue weighted by molar-refractivity contribution is 5.62. The Bertz CT molecular complexity index is 149. The summed E-state index contributed by atoms with van der Waals surface area (Å²) in [4.78, 5) is 10.3. The molecule has 1 aliphatic carbocycles. The SMILES string of the molecule is CO[C@@H]1CCC[C@](F)(C=O)C1. The van der Waals surface area contributed by atoms with E-state index in [4.69, 9.17) is 4.74 Å². The average molecular weight is 160 g/mol. The number of hydrogen-bond donors (Lipinski definition) is 0. The molecule has 0 aliphatic heterocycles. The Morgan fingerprint density at radius 2 is 2.45 bits per heavy atom. The number of hydrogen-bond acceptors (Lipinski definition) is 2. The molecule has 0 saturated heterocycles. The highest BCUT2D eigenvalue weighted by atomic mass is 19.1. The van der Waals surface area contributed by atoms with Crippen LogP contribution in [-0.2, 0) is 9.53 Å². The van der Waals surface area contributed by atoms with Crippen molar-refractivity contribution in [2.75, 3.05) is 7.11 Å². The third-order valence-electron chi connectivity index (χ3n) is 2.23. The first-order chi connectivity index (χ1) is 5.20. The Morgan fingerprint density at radius 1 is 1.73 bits per heavy atom. The molecule has 0 heterocycles. The Hall–Kier alpha value is -0.440. The Balaban J connectivity index is 2.51. The standard InChI is InChI=1S/C8H13FO2/c1-11-7-3-2-4-8(9,5-7)6-10/h6-7H,2-5H2,1H3/t7-,8-/m1/s1. The van der Waals surface area contributed by atoms with Gasteiger partial charge in [0, 0.05) is 13.5 Å². The van der Waals surface area contributed by atoms with Crippen LogP contribution >= 0.6 is 0 Å². The normalized spacial score (nSPS) is 38.5. The number of ether oxygens (including phenoxy) is 1. The van der Waals surface area contributed by atoms with Crippen LogP contribution in [0.25, 0.3) is 0 Å². The molecule has 1 aliphatic rings. The molecule has 0 amide bonds. The highest BCUT2D eigenvalue weighted by Crippen LogP contribution is 2.31. The molecule has 1 rings (SSSR count). The van der Waals surface area contributed by atoms with Crippen molar-refractivity contribution >= 4 is 6.29 Å². The number of carbonyl (C=O) groups is 1. The third-order valence-corrected chi connectivity index (χ3v) is 2.23. The van der Waals surface area contributed by atoms with Crippen molar-refractivity contribution in [3.05, 3.63) is 0 Å². The lowest BCUT2D eigenvalue weighted by molar-refractivity contribution is -0.123. The van der Waals surface area contributed by atoms with Crippen LogP contribution in [0.5, 0.6) is 0 Å². The molecule has 0 radical (unpaired) electrons. The Morgan fingerprint density at radius 3 is 3.00 bits per heavy atom. The molecule has 0 aromatic carbocycles. The minimum Gasteiger partial charge on any atom is -0.381 e. The van der Waals surface area contributed by atoms with Crippen LogP contribution in [0.15, 0.2) is 0 Å². The van der Waals surface area contributed by atoms with Gasteiger partial charge in [0.2, 0.25) is 0 Å². The van der Waals surface area contributed by atoms with Gasteiger partial charge in [-0.05, 0) is 19.3 Å². The van der Waals surface area contributed by atoms with E-state index in [-0.39, 0.29) is 12.5 Å². The molecule has 0 bridgehead atoms. The van der Waals surface area contributed by atoms with Crippen molar-refractivity contribution in [3.8, 4) is 0 Å². The minimum atomic E-state index is -1.61. The number of rotatable bonds is 2. The van der Waals surface area contributed by atoms with Crippen LogP contribution in [0.3, 0.4) is 0 Å². The lowest BCUT2D eigenvalue weighted by atomic mass is 9.86. The van der Waals surface area contributed by atoms with Gasteiger partial charge in [-0.1, -0.05) is 0 Å². The molecule has 64 valence electrons. The summed E-state index contributed by atoms with van der Waals surface area (Å²) >= 11 is 0. The summed E-state index contributed by atoms with van der Waals surface area (Å²) in [6, 6.07) is 0. The lowest BCUT2D eigenvalue weighted by Gasteiger charge is -2.29. The van der Waals surface area contributed by atoms with Crippen LogP contribution in [-0.4, -0.2) is 25.2 Å². The van der Waals surface area contributed by atoms with Gasteiger partial charge >= 0.3 is 0 Å². The first-order valence-corrected chi connectivity index (χ1v) is 3.88. The van der Waals surface area contributed by atoms with Crippen LogP contribution < -0.4 is 0 Å². The summed E-state index contributed by atoms with van der Waals surface area (Å²) < 4.78 is 18.3. The predicted octanol–water partition coefficient (Wildman–Crippen LogP) is 1.48. The number of alkyl halides is 1. The van der Waals surface area contributed by atoms with Crippen molar-refractivity contribution in [3.63, 3.8) is 0 Å². The molecular formula is C8H13FO2. The Kier molecular flexibility index (Phi) is 2.60. The maximum atomic E-state index is 13.3. The molecule has 0 N–H and O–H groups in total. The zero-order valence-corrected chi connectivity index (χ0v) is 6.68. The maximum absolute atomic E-state index is 13.3. The number of halogens is 1. The first kappa shape index (κ1) is 8.65. The van der Waals surface area contributed by atoms with Gasteiger partial charge in [0.15, 0.2) is 12.0 Å². The van der Waals surface area contributed by atoms with Gasteiger partial charge in [0.25, 0.3) is 0 Å². The highest BCUT2D eigenvalue weighted by Gasteiger charge is 2.36. The van der Waals surface area contributed by atoms with Gasteiger partial charge in [-0.3, -0.25) is 4.79 Å².